The molecule has 1 aromatic heterocycles. The number of carbonyl (C=O) groups excluding carboxylic acids is 2. The van der Waals surface area contributed by atoms with Crippen molar-refractivity contribution in [2.75, 3.05) is 19.7 Å². The summed E-state index contributed by atoms with van der Waals surface area (Å²) in [5, 5.41) is 11.3. The number of Topliss-reactive ketones (excluding diaryl/α,β-unsaturated/α-hetero) is 1. The van der Waals surface area contributed by atoms with Crippen LogP contribution in [0.25, 0.3) is 10.9 Å². The zero-order chi connectivity index (χ0) is 25.3. The Kier molecular flexibility index (Phi) is 7.51. The maximum Gasteiger partial charge on any atom is 0.255 e. The van der Waals surface area contributed by atoms with Crippen molar-refractivity contribution in [3.63, 3.8) is 0 Å². The van der Waals surface area contributed by atoms with E-state index in [2.05, 4.69) is 12.1 Å². The SMILES string of the molecule is CC(=O)COC1CCN(C(=O)c2ccc(Cl)c(Cc3cc4c(C)cc(C#N)cc4n3C)c2Cl)CC1. The van der Waals surface area contributed by atoms with Gasteiger partial charge in [0.2, 0.25) is 0 Å². The molecule has 0 N–H and O–H groups in total. The first kappa shape index (κ1) is 25.2. The number of amides is 1. The molecule has 4 rings (SSSR count). The number of ketones is 1. The summed E-state index contributed by atoms with van der Waals surface area (Å²) in [6.45, 7) is 4.68. The first-order valence-corrected chi connectivity index (χ1v) is 12.3. The molecule has 0 spiro atoms. The summed E-state index contributed by atoms with van der Waals surface area (Å²) in [4.78, 5) is 26.2. The molecule has 0 aliphatic carbocycles. The lowest BCUT2D eigenvalue weighted by Gasteiger charge is -2.32. The summed E-state index contributed by atoms with van der Waals surface area (Å²) < 4.78 is 7.65. The fourth-order valence-corrected chi connectivity index (χ4v) is 5.22. The molecule has 0 radical (unpaired) electrons. The van der Waals surface area contributed by atoms with Gasteiger partial charge >= 0.3 is 0 Å². The van der Waals surface area contributed by atoms with Gasteiger partial charge in [0.25, 0.3) is 5.91 Å². The van der Waals surface area contributed by atoms with Gasteiger partial charge in [-0.2, -0.15) is 5.26 Å². The lowest BCUT2D eigenvalue weighted by Crippen LogP contribution is -2.41. The fraction of sp³-hybridized carbons (Fsp3) is 0.370. The lowest BCUT2D eigenvalue weighted by atomic mass is 10.0. The van der Waals surface area contributed by atoms with Gasteiger partial charge in [0.15, 0.2) is 5.78 Å². The Bertz CT molecular complexity index is 1350. The highest BCUT2D eigenvalue weighted by Gasteiger charge is 2.27. The Morgan fingerprint density at radius 1 is 1.17 bits per heavy atom. The van der Waals surface area contributed by atoms with Gasteiger partial charge in [-0.25, -0.2) is 0 Å². The summed E-state index contributed by atoms with van der Waals surface area (Å²) in [6.07, 6.45) is 1.79. The molecule has 1 amide bonds. The second-order valence-electron chi connectivity index (χ2n) is 9.10. The molecule has 0 saturated carbocycles. The van der Waals surface area contributed by atoms with E-state index >= 15 is 0 Å². The van der Waals surface area contributed by atoms with E-state index in [4.69, 9.17) is 27.9 Å². The number of aryl methyl sites for hydroxylation is 2. The number of piperidine rings is 1. The summed E-state index contributed by atoms with van der Waals surface area (Å²) in [6, 6.07) is 11.4. The minimum Gasteiger partial charge on any atom is -0.370 e. The first-order valence-electron chi connectivity index (χ1n) is 11.6. The number of carbonyl (C=O) groups is 2. The number of likely N-dealkylation sites (tertiary alicyclic amines) is 1. The highest BCUT2D eigenvalue weighted by Crippen LogP contribution is 2.33. The zero-order valence-corrected chi connectivity index (χ0v) is 21.5. The number of hydrogen-bond acceptors (Lipinski definition) is 4. The van der Waals surface area contributed by atoms with Crippen molar-refractivity contribution in [1.29, 1.82) is 5.26 Å². The summed E-state index contributed by atoms with van der Waals surface area (Å²) in [5.41, 5.74) is 4.71. The van der Waals surface area contributed by atoms with E-state index in [1.165, 1.54) is 6.92 Å². The molecular formula is C27H27Cl2N3O3. The molecule has 1 aliphatic rings. The third-order valence-electron chi connectivity index (χ3n) is 6.62. The van der Waals surface area contributed by atoms with Gasteiger partial charge in [0.05, 0.1) is 28.3 Å². The van der Waals surface area contributed by atoms with Crippen molar-refractivity contribution in [1.82, 2.24) is 9.47 Å². The number of hydrogen-bond donors (Lipinski definition) is 0. The van der Waals surface area contributed by atoms with Gasteiger partial charge in [-0.05, 0) is 68.1 Å². The summed E-state index contributed by atoms with van der Waals surface area (Å²) in [7, 11) is 1.95. The average Bonchev–Trinajstić information content (AvgIpc) is 3.16. The van der Waals surface area contributed by atoms with Crippen LogP contribution in [0.1, 0.15) is 52.5 Å². The van der Waals surface area contributed by atoms with Crippen LogP contribution < -0.4 is 0 Å². The minimum absolute atomic E-state index is 0.00392. The first-order chi connectivity index (χ1) is 16.7. The molecule has 1 fully saturated rings. The molecular weight excluding hydrogens is 485 g/mol. The van der Waals surface area contributed by atoms with Crippen LogP contribution in [0.2, 0.25) is 10.0 Å². The smallest absolute Gasteiger partial charge is 0.255 e. The third kappa shape index (κ3) is 5.23. The molecule has 0 bridgehead atoms. The van der Waals surface area contributed by atoms with E-state index in [0.29, 0.717) is 59.1 Å². The van der Waals surface area contributed by atoms with E-state index in [1.807, 2.05) is 30.7 Å². The van der Waals surface area contributed by atoms with Gasteiger partial charge < -0.3 is 14.2 Å². The maximum atomic E-state index is 13.3. The molecule has 35 heavy (non-hydrogen) atoms. The molecule has 6 nitrogen and oxygen atoms in total. The number of halogens is 2. The molecule has 0 atom stereocenters. The number of nitriles is 1. The van der Waals surface area contributed by atoms with Gasteiger partial charge in [-0.3, -0.25) is 9.59 Å². The fourth-order valence-electron chi connectivity index (χ4n) is 4.63. The standard InChI is InChI=1S/C27H27Cl2N3O3/c1-16-10-18(14-30)11-25-22(16)12-19(31(25)3)13-23-24(28)5-4-21(26(23)29)27(34)32-8-6-20(7-9-32)35-15-17(2)33/h4-5,10-12,20H,6-9,13,15H2,1-3H3. The van der Waals surface area contributed by atoms with Crippen LogP contribution in [0, 0.1) is 18.3 Å². The molecule has 2 heterocycles. The van der Waals surface area contributed by atoms with Crippen LogP contribution in [0.5, 0.6) is 0 Å². The monoisotopic (exact) mass is 511 g/mol. The van der Waals surface area contributed by atoms with Crippen molar-refractivity contribution < 1.29 is 14.3 Å². The van der Waals surface area contributed by atoms with E-state index in [9.17, 15) is 14.9 Å². The topological polar surface area (TPSA) is 75.3 Å². The Morgan fingerprint density at radius 3 is 2.54 bits per heavy atom. The predicted octanol–water partition coefficient (Wildman–Crippen LogP) is 5.47. The van der Waals surface area contributed by atoms with E-state index in [1.54, 1.807) is 17.0 Å². The molecule has 3 aromatic rings. The van der Waals surface area contributed by atoms with Gasteiger partial charge in [-0.1, -0.05) is 23.2 Å². The number of fused-ring (bicyclic) bond motifs is 1. The van der Waals surface area contributed by atoms with Crippen LogP contribution in [0.3, 0.4) is 0 Å². The predicted molar refractivity (Wildman–Crippen MR) is 137 cm³/mol. The molecule has 1 saturated heterocycles. The summed E-state index contributed by atoms with van der Waals surface area (Å²) >= 11 is 13.3. The quantitative estimate of drug-likeness (QED) is 0.439. The highest BCUT2D eigenvalue weighted by atomic mass is 35.5. The van der Waals surface area contributed by atoms with Crippen LogP contribution in [-0.4, -0.2) is 47.0 Å². The normalized spacial score (nSPS) is 14.3. The van der Waals surface area contributed by atoms with Crippen molar-refractivity contribution in [2.24, 2.45) is 7.05 Å². The zero-order valence-electron chi connectivity index (χ0n) is 20.0. The largest absolute Gasteiger partial charge is 0.370 e. The second-order valence-corrected chi connectivity index (χ2v) is 9.89. The maximum absolute atomic E-state index is 13.3. The van der Waals surface area contributed by atoms with Crippen LogP contribution in [-0.2, 0) is 23.0 Å². The summed E-state index contributed by atoms with van der Waals surface area (Å²) in [5.74, 6) is -0.139. The number of nitrogens with zero attached hydrogens (tertiary/aromatic N) is 3. The Labute approximate surface area is 215 Å². The van der Waals surface area contributed by atoms with Crippen LogP contribution >= 0.6 is 23.2 Å². The van der Waals surface area contributed by atoms with Crippen LogP contribution in [0.4, 0.5) is 0 Å². The number of benzene rings is 2. The second kappa shape index (κ2) is 10.4. The Morgan fingerprint density at radius 2 is 1.89 bits per heavy atom. The van der Waals surface area contributed by atoms with Crippen molar-refractivity contribution >= 4 is 45.8 Å². The minimum atomic E-state index is -0.135. The van der Waals surface area contributed by atoms with Crippen LogP contribution in [0.15, 0.2) is 30.3 Å². The number of rotatable bonds is 6. The van der Waals surface area contributed by atoms with Gasteiger partial charge in [0.1, 0.15) is 6.61 Å². The van der Waals surface area contributed by atoms with Crippen molar-refractivity contribution in [3.8, 4) is 6.07 Å². The van der Waals surface area contributed by atoms with E-state index in [0.717, 1.165) is 22.2 Å². The van der Waals surface area contributed by atoms with Crippen molar-refractivity contribution in [2.45, 2.75) is 39.2 Å². The Hall–Kier alpha value is -2.85. The Balaban J connectivity index is 1.57. The highest BCUT2D eigenvalue weighted by molar-refractivity contribution is 6.38. The molecule has 182 valence electrons. The van der Waals surface area contributed by atoms with E-state index in [-0.39, 0.29) is 24.4 Å². The molecule has 1 aliphatic heterocycles. The number of aromatic nitrogens is 1. The lowest BCUT2D eigenvalue weighted by molar-refractivity contribution is -0.124. The average molecular weight is 512 g/mol. The molecule has 2 aromatic carbocycles. The molecule has 0 unspecified atom stereocenters. The van der Waals surface area contributed by atoms with Crippen molar-refractivity contribution in [3.05, 3.63) is 68.3 Å². The number of ether oxygens (including phenoxy) is 1. The third-order valence-corrected chi connectivity index (χ3v) is 7.41. The van der Waals surface area contributed by atoms with Gasteiger partial charge in [-0.15, -0.1) is 0 Å². The van der Waals surface area contributed by atoms with Gasteiger partial charge in [0, 0.05) is 48.2 Å². The van der Waals surface area contributed by atoms with E-state index < -0.39 is 0 Å². The molecule has 8 heteroatoms.